The van der Waals surface area contributed by atoms with Crippen LogP contribution in [0.5, 0.6) is 0 Å². The van der Waals surface area contributed by atoms with Crippen molar-refractivity contribution in [2.75, 3.05) is 7.11 Å². The maximum atomic E-state index is 11.6. The van der Waals surface area contributed by atoms with Gasteiger partial charge in [0, 0.05) is 0 Å². The predicted molar refractivity (Wildman–Crippen MR) is 59.6 cm³/mol. The minimum absolute atomic E-state index is 0.301. The van der Waals surface area contributed by atoms with Crippen LogP contribution in [0.25, 0.3) is 0 Å². The molecule has 7 heteroatoms. The van der Waals surface area contributed by atoms with E-state index in [1.165, 1.54) is 13.2 Å². The molecular formula is C10H13BN2O4. The highest BCUT2D eigenvalue weighted by molar-refractivity contribution is 6.80. The topological polar surface area (TPSA) is 61.4 Å². The van der Waals surface area contributed by atoms with Crippen LogP contribution < -0.4 is 10.3 Å². The van der Waals surface area contributed by atoms with Gasteiger partial charge in [-0.05, 0) is 6.08 Å². The van der Waals surface area contributed by atoms with E-state index >= 15 is 0 Å². The molecule has 1 aliphatic rings. The summed E-state index contributed by atoms with van der Waals surface area (Å²) in [5.74, 6) is -1.01. The fourth-order valence-corrected chi connectivity index (χ4v) is 2.13. The number of carbonyl (C=O) groups is 2. The number of hydrogen-bond acceptors (Lipinski definition) is 4. The first-order chi connectivity index (χ1) is 8.04. The molecule has 17 heavy (non-hydrogen) atoms. The van der Waals surface area contributed by atoms with Crippen LogP contribution in [-0.4, -0.2) is 30.5 Å². The molecule has 0 amide bonds. The molecule has 1 unspecified atom stereocenters. The molecule has 1 aromatic heterocycles. The Balaban J connectivity index is 2.43. The third-order valence-electron chi connectivity index (χ3n) is 2.99. The van der Waals surface area contributed by atoms with Gasteiger partial charge in [-0.15, -0.1) is 0 Å². The minimum Gasteiger partial charge on any atom is -0.674 e. The molecule has 1 atom stereocenters. The fourth-order valence-electron chi connectivity index (χ4n) is 2.13. The van der Waals surface area contributed by atoms with Crippen molar-refractivity contribution >= 4 is 24.6 Å². The van der Waals surface area contributed by atoms with Crippen LogP contribution in [0.15, 0.2) is 23.9 Å². The molecule has 0 spiro atoms. The monoisotopic (exact) mass is 236 g/mol. The van der Waals surface area contributed by atoms with Crippen molar-refractivity contribution in [2.24, 2.45) is 14.1 Å². The molecule has 0 aliphatic carbocycles. The first-order valence-electron chi connectivity index (χ1n) is 5.24. The smallest absolute Gasteiger partial charge is 0.306 e. The van der Waals surface area contributed by atoms with Gasteiger partial charge in [-0.3, -0.25) is 18.7 Å². The van der Waals surface area contributed by atoms with Crippen LogP contribution in [0.3, 0.4) is 0 Å². The molecule has 0 saturated carbocycles. The van der Waals surface area contributed by atoms with Crippen molar-refractivity contribution < 1.29 is 23.5 Å². The van der Waals surface area contributed by atoms with Crippen molar-refractivity contribution in [1.82, 2.24) is 4.57 Å². The lowest BCUT2D eigenvalue weighted by Gasteiger charge is -2.18. The van der Waals surface area contributed by atoms with Gasteiger partial charge in [-0.1, -0.05) is 5.47 Å². The van der Waals surface area contributed by atoms with Gasteiger partial charge in [-0.25, -0.2) is 0 Å². The first-order valence-corrected chi connectivity index (χ1v) is 5.24. The molecule has 0 fully saturated rings. The largest absolute Gasteiger partial charge is 0.674 e. The lowest BCUT2D eigenvalue weighted by molar-refractivity contribution is -0.653. The lowest BCUT2D eigenvalue weighted by Crippen LogP contribution is -2.57. The Hall–Kier alpha value is -2.05. The number of aryl methyl sites for hydroxylation is 2. The Morgan fingerprint density at radius 2 is 2.29 bits per heavy atom. The molecule has 0 saturated heterocycles. The van der Waals surface area contributed by atoms with Crippen LogP contribution in [-0.2, 0) is 33.1 Å². The van der Waals surface area contributed by atoms with E-state index < -0.39 is 18.9 Å². The summed E-state index contributed by atoms with van der Waals surface area (Å²) in [4.78, 5) is 22.9. The maximum Gasteiger partial charge on any atom is 0.306 e. The molecular weight excluding hydrogens is 223 g/mol. The number of aromatic nitrogens is 2. The summed E-state index contributed by atoms with van der Waals surface area (Å²) in [7, 11) is 4.96. The highest BCUT2D eigenvalue weighted by Gasteiger charge is 2.33. The van der Waals surface area contributed by atoms with Crippen LogP contribution >= 0.6 is 0 Å². The Kier molecular flexibility index (Phi) is 2.75. The second-order valence-corrected chi connectivity index (χ2v) is 4.03. The Labute approximate surface area is 98.5 Å². The van der Waals surface area contributed by atoms with Crippen molar-refractivity contribution in [3.8, 4) is 0 Å². The van der Waals surface area contributed by atoms with Crippen molar-refractivity contribution in [3.63, 3.8) is 0 Å². The Morgan fingerprint density at radius 1 is 1.59 bits per heavy atom. The third-order valence-corrected chi connectivity index (χ3v) is 2.99. The summed E-state index contributed by atoms with van der Waals surface area (Å²) in [5.41, 5.74) is 1.09. The predicted octanol–water partition coefficient (Wildman–Crippen LogP) is -2.02. The SMILES string of the molecule is COC(=O)C1=CC(=O)O[BH-]1c1n(C)cc[n+]1C. The van der Waals surface area contributed by atoms with Gasteiger partial charge in [0.15, 0.2) is 0 Å². The summed E-state index contributed by atoms with van der Waals surface area (Å²) in [5, 5.41) is 0. The van der Waals surface area contributed by atoms with Crippen LogP contribution in [0.4, 0.5) is 0 Å². The highest BCUT2D eigenvalue weighted by atomic mass is 16.5. The quantitative estimate of drug-likeness (QED) is 0.337. The zero-order chi connectivity index (χ0) is 12.6. The van der Waals surface area contributed by atoms with Gasteiger partial charge in [0.2, 0.25) is 0 Å². The van der Waals surface area contributed by atoms with E-state index in [9.17, 15) is 9.59 Å². The molecule has 2 rings (SSSR count). The fraction of sp³-hybridized carbons (Fsp3) is 0.300. The van der Waals surface area contributed by atoms with Crippen molar-refractivity contribution in [2.45, 2.75) is 0 Å². The van der Waals surface area contributed by atoms with E-state index in [4.69, 9.17) is 4.65 Å². The standard InChI is InChI=1S/C10H13BN2O4/c1-12-4-5-13(2)10(12)11-7(9(15)16-3)6-8(14)17-11/h4-6,11H,1-3H3. The molecule has 6 nitrogen and oxygen atoms in total. The normalized spacial score (nSPS) is 18.9. The Morgan fingerprint density at radius 3 is 2.82 bits per heavy atom. The molecule has 90 valence electrons. The number of esters is 1. The van der Waals surface area contributed by atoms with E-state index in [1.807, 2.05) is 35.6 Å². The Bertz CT molecular complexity index is 501. The van der Waals surface area contributed by atoms with Crippen LogP contribution in [0.2, 0.25) is 0 Å². The second-order valence-electron chi connectivity index (χ2n) is 4.03. The molecule has 2 heterocycles. The van der Waals surface area contributed by atoms with Gasteiger partial charge in [0.05, 0.1) is 21.2 Å². The van der Waals surface area contributed by atoms with Gasteiger partial charge >= 0.3 is 6.92 Å². The summed E-state index contributed by atoms with van der Waals surface area (Å²) in [6.07, 6.45) is 4.88. The van der Waals surface area contributed by atoms with Gasteiger partial charge in [-0.2, -0.15) is 0 Å². The van der Waals surface area contributed by atoms with Crippen LogP contribution in [0, 0.1) is 0 Å². The van der Waals surface area contributed by atoms with E-state index in [2.05, 4.69) is 4.74 Å². The average Bonchev–Trinajstić information content (AvgIpc) is 2.81. The first kappa shape index (κ1) is 11.4. The van der Waals surface area contributed by atoms with Gasteiger partial charge < -0.3 is 9.39 Å². The number of nitrogens with zero attached hydrogens (tertiary/aromatic N) is 2. The zero-order valence-electron chi connectivity index (χ0n) is 9.97. The lowest BCUT2D eigenvalue weighted by atomic mass is 9.60. The van der Waals surface area contributed by atoms with Crippen LogP contribution in [0.1, 0.15) is 0 Å². The molecule has 0 bridgehead atoms. The average molecular weight is 236 g/mol. The number of methoxy groups -OCH3 is 1. The summed E-state index contributed by atoms with van der Waals surface area (Å²) in [6.45, 7) is -1.64. The van der Waals surface area contributed by atoms with Gasteiger partial charge in [0.1, 0.15) is 18.1 Å². The van der Waals surface area contributed by atoms with E-state index in [-0.39, 0.29) is 0 Å². The van der Waals surface area contributed by atoms with E-state index in [1.54, 1.807) is 0 Å². The maximum absolute atomic E-state index is 11.6. The van der Waals surface area contributed by atoms with E-state index in [0.717, 1.165) is 5.72 Å². The third kappa shape index (κ3) is 1.84. The number of imidazole rings is 1. The molecule has 1 aliphatic heterocycles. The molecule has 0 aromatic carbocycles. The minimum atomic E-state index is -1.64. The number of hydrogen-bond donors (Lipinski definition) is 0. The highest BCUT2D eigenvalue weighted by Crippen LogP contribution is 2.12. The molecule has 1 aromatic rings. The summed E-state index contributed by atoms with van der Waals surface area (Å²) >= 11 is 0. The summed E-state index contributed by atoms with van der Waals surface area (Å²) in [6, 6.07) is 0. The van der Waals surface area contributed by atoms with Crippen molar-refractivity contribution in [1.29, 1.82) is 0 Å². The zero-order valence-corrected chi connectivity index (χ0v) is 9.97. The summed E-state index contributed by atoms with van der Waals surface area (Å²) < 4.78 is 13.5. The number of rotatable bonds is 2. The number of ether oxygens (including phenoxy) is 1. The van der Waals surface area contributed by atoms with E-state index in [0.29, 0.717) is 5.47 Å². The van der Waals surface area contributed by atoms with Gasteiger partial charge in [0.25, 0.3) is 11.9 Å². The molecule has 0 radical (unpaired) electrons. The second kappa shape index (κ2) is 4.08. The molecule has 0 N–H and O–H groups in total. The number of carbonyl (C=O) groups excluding carboxylic acids is 2. The van der Waals surface area contributed by atoms with Crippen molar-refractivity contribution in [3.05, 3.63) is 23.9 Å².